The summed E-state index contributed by atoms with van der Waals surface area (Å²) < 4.78 is 5.35. The van der Waals surface area contributed by atoms with Crippen molar-refractivity contribution in [2.24, 2.45) is 5.73 Å². The third-order valence-electron chi connectivity index (χ3n) is 3.58. The van der Waals surface area contributed by atoms with Gasteiger partial charge < -0.3 is 15.4 Å². The van der Waals surface area contributed by atoms with Gasteiger partial charge in [-0.05, 0) is 31.0 Å². The van der Waals surface area contributed by atoms with Crippen LogP contribution in [-0.2, 0) is 15.1 Å². The Morgan fingerprint density at radius 3 is 2.71 bits per heavy atom. The predicted molar refractivity (Wildman–Crippen MR) is 74.6 cm³/mol. The van der Waals surface area contributed by atoms with Crippen molar-refractivity contribution in [2.75, 3.05) is 19.7 Å². The molecule has 1 aliphatic heterocycles. The molecule has 0 aliphatic carbocycles. The zero-order chi connectivity index (χ0) is 15.5. The van der Waals surface area contributed by atoms with Crippen LogP contribution in [0, 0.1) is 0 Å². The Morgan fingerprint density at radius 1 is 1.48 bits per heavy atom. The number of carbonyl (C=O) groups is 2. The normalized spacial score (nSPS) is 21.5. The first-order valence-electron chi connectivity index (χ1n) is 6.75. The van der Waals surface area contributed by atoms with Gasteiger partial charge in [0.2, 0.25) is 5.91 Å². The second kappa shape index (κ2) is 6.11. The Labute approximate surface area is 122 Å². The van der Waals surface area contributed by atoms with Crippen molar-refractivity contribution in [3.63, 3.8) is 0 Å². The number of ether oxygens (including phenoxy) is 1. The molecule has 0 bridgehead atoms. The fourth-order valence-corrected chi connectivity index (χ4v) is 2.44. The molecule has 1 unspecified atom stereocenters. The van der Waals surface area contributed by atoms with Crippen LogP contribution in [0.4, 0.5) is 0 Å². The topological polar surface area (TPSA) is 105 Å². The van der Waals surface area contributed by atoms with Crippen LogP contribution in [0.1, 0.15) is 18.9 Å². The lowest BCUT2D eigenvalue weighted by atomic mass is 9.89. The van der Waals surface area contributed by atoms with E-state index >= 15 is 0 Å². The highest BCUT2D eigenvalue weighted by atomic mass is 16.5. The van der Waals surface area contributed by atoms with Crippen molar-refractivity contribution in [1.82, 2.24) is 10.4 Å². The molecule has 2 rings (SSSR count). The number of hydrogen-bond donors (Lipinski definition) is 3. The van der Waals surface area contributed by atoms with E-state index in [0.717, 1.165) is 0 Å². The maximum atomic E-state index is 12.4. The lowest BCUT2D eigenvalue weighted by molar-refractivity contribution is -0.139. The van der Waals surface area contributed by atoms with Gasteiger partial charge in [0.05, 0.1) is 6.61 Å². The lowest BCUT2D eigenvalue weighted by Crippen LogP contribution is -2.47. The first-order valence-corrected chi connectivity index (χ1v) is 6.75. The third-order valence-corrected chi connectivity index (χ3v) is 3.58. The Balaban J connectivity index is 2.15. The number of hydroxylamine groups is 1. The van der Waals surface area contributed by atoms with Gasteiger partial charge in [-0.2, -0.15) is 0 Å². The number of likely N-dealkylation sites (tertiary alicyclic amines) is 1. The van der Waals surface area contributed by atoms with Crippen molar-refractivity contribution in [3.8, 4) is 5.75 Å². The van der Waals surface area contributed by atoms with E-state index in [4.69, 9.17) is 15.7 Å². The smallest absolute Gasteiger partial charge is 0.262 e. The monoisotopic (exact) mass is 293 g/mol. The number of hydrogen-bond acceptors (Lipinski definition) is 5. The molecule has 0 spiro atoms. The summed E-state index contributed by atoms with van der Waals surface area (Å²) in [4.78, 5) is 24.9. The number of nitrogens with one attached hydrogen (secondary N) is 1. The first-order chi connectivity index (χ1) is 10.0. The number of benzene rings is 1. The molecule has 1 saturated heterocycles. The van der Waals surface area contributed by atoms with Crippen molar-refractivity contribution in [2.45, 2.75) is 18.9 Å². The van der Waals surface area contributed by atoms with Crippen LogP contribution in [0.25, 0.3) is 0 Å². The van der Waals surface area contributed by atoms with Crippen LogP contribution in [-0.4, -0.2) is 41.6 Å². The van der Waals surface area contributed by atoms with Crippen LogP contribution in [0.3, 0.4) is 0 Å². The van der Waals surface area contributed by atoms with Gasteiger partial charge in [0.1, 0.15) is 17.8 Å². The molecule has 7 nitrogen and oxygen atoms in total. The highest BCUT2D eigenvalue weighted by molar-refractivity contribution is 5.92. The number of nitrogens with zero attached hydrogens (tertiary/aromatic N) is 1. The summed E-state index contributed by atoms with van der Waals surface area (Å²) in [6.45, 7) is 2.63. The Bertz CT molecular complexity index is 532. The maximum absolute atomic E-state index is 12.4. The molecular weight excluding hydrogens is 274 g/mol. The van der Waals surface area contributed by atoms with Crippen molar-refractivity contribution in [1.29, 1.82) is 0 Å². The summed E-state index contributed by atoms with van der Waals surface area (Å²) in [5.41, 5.74) is 7.28. The summed E-state index contributed by atoms with van der Waals surface area (Å²) in [6.07, 6.45) is 0.415. The van der Waals surface area contributed by atoms with E-state index in [1.54, 1.807) is 24.3 Å². The van der Waals surface area contributed by atoms with Gasteiger partial charge in [-0.3, -0.25) is 14.8 Å². The van der Waals surface area contributed by atoms with Crippen molar-refractivity contribution < 1.29 is 19.5 Å². The molecule has 7 heteroatoms. The van der Waals surface area contributed by atoms with Gasteiger partial charge >= 0.3 is 0 Å². The van der Waals surface area contributed by atoms with Gasteiger partial charge in [-0.25, -0.2) is 5.48 Å². The van der Waals surface area contributed by atoms with Gasteiger partial charge in [0.25, 0.3) is 5.91 Å². The molecule has 1 fully saturated rings. The van der Waals surface area contributed by atoms with E-state index in [1.165, 1.54) is 10.4 Å². The minimum Gasteiger partial charge on any atom is -0.494 e. The second-order valence-corrected chi connectivity index (χ2v) is 4.94. The third kappa shape index (κ3) is 2.98. The summed E-state index contributed by atoms with van der Waals surface area (Å²) in [5.74, 6) is -0.249. The van der Waals surface area contributed by atoms with Crippen LogP contribution in [0.2, 0.25) is 0 Å². The maximum Gasteiger partial charge on any atom is 0.262 e. The predicted octanol–water partition coefficient (Wildman–Crippen LogP) is -0.0230. The standard InChI is InChI=1S/C14H19N3O4/c1-2-21-11-5-3-10(4-6-11)14(15)7-8-17(13(14)19)9-12(18)16-20/h3-6,20H,2,7-9,15H2,1H3,(H,16,18). The Kier molecular flexibility index (Phi) is 4.44. The first kappa shape index (κ1) is 15.3. The average molecular weight is 293 g/mol. The molecule has 114 valence electrons. The Morgan fingerprint density at radius 2 is 2.14 bits per heavy atom. The molecule has 21 heavy (non-hydrogen) atoms. The van der Waals surface area contributed by atoms with E-state index in [9.17, 15) is 9.59 Å². The van der Waals surface area contributed by atoms with Crippen molar-refractivity contribution >= 4 is 11.8 Å². The Hall–Kier alpha value is -2.12. The molecule has 1 aromatic rings. The second-order valence-electron chi connectivity index (χ2n) is 4.94. The van der Waals surface area contributed by atoms with Crippen LogP contribution < -0.4 is 16.0 Å². The van der Waals surface area contributed by atoms with E-state index in [0.29, 0.717) is 30.9 Å². The zero-order valence-corrected chi connectivity index (χ0v) is 11.8. The summed E-state index contributed by atoms with van der Waals surface area (Å²) >= 11 is 0. The summed E-state index contributed by atoms with van der Waals surface area (Å²) in [7, 11) is 0. The molecule has 2 amide bonds. The number of carbonyl (C=O) groups excluding carboxylic acids is 2. The number of nitrogens with two attached hydrogens (primary N) is 1. The van der Waals surface area contributed by atoms with Crippen LogP contribution >= 0.6 is 0 Å². The van der Waals surface area contributed by atoms with Gasteiger partial charge in [0.15, 0.2) is 0 Å². The van der Waals surface area contributed by atoms with Crippen LogP contribution in [0.5, 0.6) is 5.75 Å². The molecule has 0 radical (unpaired) electrons. The highest BCUT2D eigenvalue weighted by Crippen LogP contribution is 2.31. The van der Waals surface area contributed by atoms with Crippen LogP contribution in [0.15, 0.2) is 24.3 Å². The molecule has 1 heterocycles. The SMILES string of the molecule is CCOc1ccc(C2(N)CCN(CC(=O)NO)C2=O)cc1. The van der Waals surface area contributed by atoms with Gasteiger partial charge in [0, 0.05) is 6.54 Å². The lowest BCUT2D eigenvalue weighted by Gasteiger charge is -2.23. The fraction of sp³-hybridized carbons (Fsp3) is 0.429. The minimum absolute atomic E-state index is 0.203. The average Bonchev–Trinajstić information content (AvgIpc) is 2.78. The molecule has 1 atom stereocenters. The summed E-state index contributed by atoms with van der Waals surface area (Å²) in [6, 6.07) is 7.06. The van der Waals surface area contributed by atoms with E-state index in [-0.39, 0.29) is 12.5 Å². The van der Waals surface area contributed by atoms with Gasteiger partial charge in [-0.1, -0.05) is 12.1 Å². The van der Waals surface area contributed by atoms with E-state index < -0.39 is 11.4 Å². The molecular formula is C14H19N3O4. The van der Waals surface area contributed by atoms with Gasteiger partial charge in [-0.15, -0.1) is 0 Å². The molecule has 0 aromatic heterocycles. The summed E-state index contributed by atoms with van der Waals surface area (Å²) in [5, 5.41) is 8.53. The quantitative estimate of drug-likeness (QED) is 0.522. The fourth-order valence-electron chi connectivity index (χ4n) is 2.44. The van der Waals surface area contributed by atoms with Crippen molar-refractivity contribution in [3.05, 3.63) is 29.8 Å². The van der Waals surface area contributed by atoms with E-state index in [1.807, 2.05) is 6.92 Å². The molecule has 1 aromatic carbocycles. The zero-order valence-electron chi connectivity index (χ0n) is 11.8. The van der Waals surface area contributed by atoms with E-state index in [2.05, 4.69) is 0 Å². The number of rotatable bonds is 5. The molecule has 0 saturated carbocycles. The minimum atomic E-state index is -1.14. The largest absolute Gasteiger partial charge is 0.494 e. The molecule has 1 aliphatic rings. The molecule has 4 N–H and O–H groups in total. The highest BCUT2D eigenvalue weighted by Gasteiger charge is 2.45. The number of amides is 2.